The maximum Gasteiger partial charge on any atom is 0.165 e. The fraction of sp³-hybridized carbons (Fsp3) is 0.417. The first-order valence-corrected chi connectivity index (χ1v) is 10.4. The van der Waals surface area contributed by atoms with Crippen LogP contribution in [-0.4, -0.2) is 52.2 Å². The van der Waals surface area contributed by atoms with Crippen LogP contribution in [0.4, 0.5) is 5.82 Å². The normalized spacial score (nSPS) is 15.8. The van der Waals surface area contributed by atoms with E-state index in [1.165, 1.54) is 5.57 Å². The van der Waals surface area contributed by atoms with E-state index in [1.54, 1.807) is 0 Å². The second-order valence-electron chi connectivity index (χ2n) is 9.13. The Hall–Kier alpha value is -2.66. The van der Waals surface area contributed by atoms with Crippen LogP contribution < -0.4 is 4.90 Å². The number of nitrogens with zero attached hydrogens (tertiary/aromatic N) is 5. The maximum atomic E-state index is 5.04. The van der Waals surface area contributed by atoms with E-state index in [1.807, 2.05) is 16.8 Å². The van der Waals surface area contributed by atoms with E-state index in [9.17, 15) is 0 Å². The zero-order chi connectivity index (χ0) is 20.6. The highest BCUT2D eigenvalue weighted by atomic mass is 15.4. The molecule has 5 nitrogen and oxygen atoms in total. The number of benzene rings is 1. The number of hydrogen-bond donors (Lipinski definition) is 0. The summed E-state index contributed by atoms with van der Waals surface area (Å²) in [4.78, 5) is 9.96. The average molecular weight is 390 g/mol. The summed E-state index contributed by atoms with van der Waals surface area (Å²) in [7, 11) is 0. The number of rotatable bonds is 4. The third-order valence-electron chi connectivity index (χ3n) is 5.50. The zero-order valence-corrected chi connectivity index (χ0v) is 18.0. The summed E-state index contributed by atoms with van der Waals surface area (Å²) < 4.78 is 2.02. The van der Waals surface area contributed by atoms with E-state index in [4.69, 9.17) is 10.1 Å². The summed E-state index contributed by atoms with van der Waals surface area (Å²) in [5, 5.41) is 4.75. The molecule has 0 N–H and O–H groups in total. The van der Waals surface area contributed by atoms with Crippen LogP contribution in [0.5, 0.6) is 0 Å². The van der Waals surface area contributed by atoms with Crippen LogP contribution in [0.1, 0.15) is 33.4 Å². The average Bonchev–Trinajstić information content (AvgIpc) is 3.11. The summed E-state index contributed by atoms with van der Waals surface area (Å²) in [6, 6.07) is 12.6. The van der Waals surface area contributed by atoms with Crippen molar-refractivity contribution in [2.45, 2.75) is 33.1 Å². The van der Waals surface area contributed by atoms with Crippen LogP contribution >= 0.6 is 0 Å². The molecule has 3 aromatic rings. The standard InChI is InChI=1S/C24H31N5/c1-18(2)17-27-11-13-28(14-12-27)22-15-21(24(3,4)5)26-23-20(16-25-29(22)23)19-9-7-6-8-10-19/h6-10,15-16H,1,11-14,17H2,2-5H3. The van der Waals surface area contributed by atoms with Gasteiger partial charge in [-0.05, 0) is 12.5 Å². The van der Waals surface area contributed by atoms with Crippen molar-refractivity contribution < 1.29 is 0 Å². The van der Waals surface area contributed by atoms with Gasteiger partial charge in [0.1, 0.15) is 5.82 Å². The molecule has 0 radical (unpaired) electrons. The zero-order valence-electron chi connectivity index (χ0n) is 18.0. The van der Waals surface area contributed by atoms with Crippen LogP contribution in [-0.2, 0) is 5.41 Å². The molecule has 1 saturated heterocycles. The van der Waals surface area contributed by atoms with Gasteiger partial charge < -0.3 is 4.90 Å². The third kappa shape index (κ3) is 4.06. The molecular weight excluding hydrogens is 358 g/mol. The molecule has 4 rings (SSSR count). The first-order valence-electron chi connectivity index (χ1n) is 10.4. The largest absolute Gasteiger partial charge is 0.354 e. The van der Waals surface area contributed by atoms with Gasteiger partial charge in [-0.1, -0.05) is 63.3 Å². The number of anilines is 1. The molecule has 152 valence electrons. The molecule has 3 heterocycles. The van der Waals surface area contributed by atoms with Crippen molar-refractivity contribution in [2.24, 2.45) is 0 Å². The lowest BCUT2D eigenvalue weighted by atomic mass is 9.91. The second-order valence-corrected chi connectivity index (χ2v) is 9.13. The van der Waals surface area contributed by atoms with Gasteiger partial charge in [0.25, 0.3) is 0 Å². The topological polar surface area (TPSA) is 36.7 Å². The molecular formula is C24H31N5. The Kier molecular flexibility index (Phi) is 5.17. The minimum atomic E-state index is -0.0312. The van der Waals surface area contributed by atoms with Gasteiger partial charge >= 0.3 is 0 Å². The summed E-state index contributed by atoms with van der Waals surface area (Å²) >= 11 is 0. The Bertz CT molecular complexity index is 1000. The van der Waals surface area contributed by atoms with E-state index in [0.717, 1.165) is 61.0 Å². The van der Waals surface area contributed by atoms with Crippen molar-refractivity contribution in [3.8, 4) is 11.1 Å². The quantitative estimate of drug-likeness (QED) is 0.620. The molecule has 29 heavy (non-hydrogen) atoms. The molecule has 0 aliphatic carbocycles. The van der Waals surface area contributed by atoms with E-state index in [0.29, 0.717) is 0 Å². The smallest absolute Gasteiger partial charge is 0.165 e. The molecule has 0 amide bonds. The van der Waals surface area contributed by atoms with Crippen molar-refractivity contribution in [1.29, 1.82) is 0 Å². The monoisotopic (exact) mass is 389 g/mol. The summed E-state index contributed by atoms with van der Waals surface area (Å²) in [5.41, 5.74) is 5.46. The lowest BCUT2D eigenvalue weighted by Crippen LogP contribution is -2.47. The number of fused-ring (bicyclic) bond motifs is 1. The first-order chi connectivity index (χ1) is 13.8. The van der Waals surface area contributed by atoms with Crippen LogP contribution in [0.3, 0.4) is 0 Å². The molecule has 1 aliphatic rings. The van der Waals surface area contributed by atoms with Crippen molar-refractivity contribution in [1.82, 2.24) is 19.5 Å². The molecule has 1 fully saturated rings. The molecule has 1 aromatic carbocycles. The molecule has 0 unspecified atom stereocenters. The van der Waals surface area contributed by atoms with Crippen LogP contribution in [0.25, 0.3) is 16.8 Å². The minimum Gasteiger partial charge on any atom is -0.354 e. The Morgan fingerprint density at radius 2 is 1.76 bits per heavy atom. The highest BCUT2D eigenvalue weighted by Gasteiger charge is 2.25. The molecule has 0 bridgehead atoms. The van der Waals surface area contributed by atoms with Crippen molar-refractivity contribution in [3.63, 3.8) is 0 Å². The highest BCUT2D eigenvalue weighted by molar-refractivity contribution is 5.78. The van der Waals surface area contributed by atoms with E-state index in [-0.39, 0.29) is 5.41 Å². The lowest BCUT2D eigenvalue weighted by Gasteiger charge is -2.36. The highest BCUT2D eigenvalue weighted by Crippen LogP contribution is 2.31. The summed E-state index contributed by atoms with van der Waals surface area (Å²) in [6.45, 7) is 17.8. The Morgan fingerprint density at radius 3 is 2.38 bits per heavy atom. The molecule has 0 atom stereocenters. The van der Waals surface area contributed by atoms with Crippen molar-refractivity contribution >= 4 is 11.5 Å². The molecule has 5 heteroatoms. The van der Waals surface area contributed by atoms with Crippen LogP contribution in [0.15, 0.2) is 54.7 Å². The molecule has 2 aromatic heterocycles. The van der Waals surface area contributed by atoms with Gasteiger partial charge in [0.05, 0.1) is 11.9 Å². The fourth-order valence-electron chi connectivity index (χ4n) is 3.89. The lowest BCUT2D eigenvalue weighted by molar-refractivity contribution is 0.277. The van der Waals surface area contributed by atoms with E-state index < -0.39 is 0 Å². The fourth-order valence-corrected chi connectivity index (χ4v) is 3.89. The molecule has 0 saturated carbocycles. The summed E-state index contributed by atoms with van der Waals surface area (Å²) in [6.07, 6.45) is 1.95. The van der Waals surface area contributed by atoms with Gasteiger partial charge in [-0.25, -0.2) is 4.98 Å². The van der Waals surface area contributed by atoms with Gasteiger partial charge in [0.2, 0.25) is 0 Å². The number of aromatic nitrogens is 3. The molecule has 1 aliphatic heterocycles. The van der Waals surface area contributed by atoms with Crippen molar-refractivity contribution in [2.75, 3.05) is 37.6 Å². The third-order valence-corrected chi connectivity index (χ3v) is 5.50. The first kappa shape index (κ1) is 19.6. The maximum absolute atomic E-state index is 5.04. The van der Waals surface area contributed by atoms with Crippen molar-refractivity contribution in [3.05, 3.63) is 60.4 Å². The second kappa shape index (κ2) is 7.64. The number of hydrogen-bond acceptors (Lipinski definition) is 4. The molecule has 0 spiro atoms. The van der Waals surface area contributed by atoms with Crippen LogP contribution in [0.2, 0.25) is 0 Å². The Balaban J connectivity index is 1.76. The minimum absolute atomic E-state index is 0.0312. The number of piperazine rings is 1. The van der Waals surface area contributed by atoms with Gasteiger partial charge in [0.15, 0.2) is 5.65 Å². The SMILES string of the molecule is C=C(C)CN1CCN(c2cc(C(C)(C)C)nc3c(-c4ccccc4)cnn23)CC1. The Labute approximate surface area is 173 Å². The van der Waals surface area contributed by atoms with Crippen LogP contribution in [0, 0.1) is 0 Å². The van der Waals surface area contributed by atoms with Gasteiger partial charge in [-0.2, -0.15) is 9.61 Å². The van der Waals surface area contributed by atoms with Gasteiger partial charge in [-0.15, -0.1) is 0 Å². The van der Waals surface area contributed by atoms with E-state index in [2.05, 4.69) is 74.4 Å². The summed E-state index contributed by atoms with van der Waals surface area (Å²) in [5.74, 6) is 1.14. The predicted octanol–water partition coefficient (Wildman–Crippen LogP) is 4.39. The van der Waals surface area contributed by atoms with Gasteiger partial charge in [-0.3, -0.25) is 4.90 Å². The van der Waals surface area contributed by atoms with Gasteiger partial charge in [0, 0.05) is 49.8 Å². The predicted molar refractivity (Wildman–Crippen MR) is 121 cm³/mol. The van der Waals surface area contributed by atoms with E-state index >= 15 is 0 Å². The Morgan fingerprint density at radius 1 is 1.07 bits per heavy atom.